The van der Waals surface area contributed by atoms with Gasteiger partial charge >= 0.3 is 0 Å². The molecular formula is C17H20O4. The van der Waals surface area contributed by atoms with Gasteiger partial charge in [-0.15, -0.1) is 0 Å². The van der Waals surface area contributed by atoms with Crippen molar-refractivity contribution in [2.75, 3.05) is 13.6 Å². The normalized spacial score (nSPS) is 11.2. The molecule has 4 heteroatoms. The maximum atomic E-state index is 9.04. The van der Waals surface area contributed by atoms with Crippen LogP contribution >= 0.6 is 0 Å². The van der Waals surface area contributed by atoms with Crippen LogP contribution in [0.15, 0.2) is 48.5 Å². The zero-order chi connectivity index (χ0) is 15.3. The van der Waals surface area contributed by atoms with Gasteiger partial charge in [0.05, 0.1) is 0 Å². The molecule has 0 saturated carbocycles. The van der Waals surface area contributed by atoms with Gasteiger partial charge in [0.25, 0.3) is 0 Å². The highest BCUT2D eigenvalue weighted by molar-refractivity contribution is 5.50. The van der Waals surface area contributed by atoms with Gasteiger partial charge in [0.1, 0.15) is 11.5 Å². The Kier molecular flexibility index (Phi) is 4.83. The molecule has 112 valence electrons. The molecule has 0 aliphatic rings. The summed E-state index contributed by atoms with van der Waals surface area (Å²) >= 11 is 0. The highest BCUT2D eigenvalue weighted by Crippen LogP contribution is 2.41. The molecule has 21 heavy (non-hydrogen) atoms. The van der Waals surface area contributed by atoms with Crippen molar-refractivity contribution in [3.05, 3.63) is 59.7 Å². The molecule has 0 saturated heterocycles. The third-order valence-corrected chi connectivity index (χ3v) is 3.56. The smallest absolute Gasteiger partial charge is 0.186 e. The van der Waals surface area contributed by atoms with Crippen LogP contribution in [0.5, 0.6) is 11.5 Å². The van der Waals surface area contributed by atoms with E-state index >= 15 is 0 Å². The minimum Gasteiger partial charge on any atom is -0.467 e. The molecule has 2 aromatic rings. The summed E-state index contributed by atoms with van der Waals surface area (Å²) in [5, 5.41) is 18.1. The van der Waals surface area contributed by atoms with Crippen molar-refractivity contribution in [1.29, 1.82) is 0 Å². The largest absolute Gasteiger partial charge is 0.467 e. The number of ether oxygens (including phenoxy) is 2. The molecule has 2 N–H and O–H groups in total. The number of benzene rings is 2. The van der Waals surface area contributed by atoms with Gasteiger partial charge in [0.15, 0.2) is 13.6 Å². The van der Waals surface area contributed by atoms with Gasteiger partial charge in [-0.1, -0.05) is 50.2 Å². The number of hydrogen-bond acceptors (Lipinski definition) is 4. The first kappa shape index (κ1) is 15.4. The van der Waals surface area contributed by atoms with Gasteiger partial charge in [-0.05, 0) is 12.1 Å². The highest BCUT2D eigenvalue weighted by atomic mass is 16.6. The van der Waals surface area contributed by atoms with Crippen LogP contribution in [-0.4, -0.2) is 23.8 Å². The van der Waals surface area contributed by atoms with Crippen molar-refractivity contribution < 1.29 is 19.7 Å². The molecular weight excluding hydrogens is 268 g/mol. The zero-order valence-electron chi connectivity index (χ0n) is 12.2. The summed E-state index contributed by atoms with van der Waals surface area (Å²) in [6.07, 6.45) is 0. The summed E-state index contributed by atoms with van der Waals surface area (Å²) in [4.78, 5) is 0. The third kappa shape index (κ3) is 3.17. The summed E-state index contributed by atoms with van der Waals surface area (Å²) in [5.74, 6) is 1.26. The van der Waals surface area contributed by atoms with Crippen LogP contribution in [0.4, 0.5) is 0 Å². The fourth-order valence-electron chi connectivity index (χ4n) is 2.50. The van der Waals surface area contributed by atoms with Gasteiger partial charge in [0.2, 0.25) is 0 Å². The molecule has 0 atom stereocenters. The third-order valence-electron chi connectivity index (χ3n) is 3.56. The van der Waals surface area contributed by atoms with Gasteiger partial charge < -0.3 is 19.7 Å². The number of rotatable bonds is 6. The lowest BCUT2D eigenvalue weighted by Crippen LogP contribution is -2.21. The monoisotopic (exact) mass is 288 g/mol. The van der Waals surface area contributed by atoms with E-state index in [0.717, 1.165) is 11.1 Å². The molecule has 0 bridgehead atoms. The molecule has 0 heterocycles. The minimum absolute atomic E-state index is 0.373. The summed E-state index contributed by atoms with van der Waals surface area (Å²) in [6, 6.07) is 15.1. The number of aliphatic hydroxyl groups excluding tert-OH is 2. The van der Waals surface area contributed by atoms with E-state index in [4.69, 9.17) is 19.7 Å². The van der Waals surface area contributed by atoms with Crippen LogP contribution in [0, 0.1) is 0 Å². The molecule has 0 radical (unpaired) electrons. The Morgan fingerprint density at radius 2 is 1.14 bits per heavy atom. The molecule has 0 aliphatic carbocycles. The first-order chi connectivity index (χ1) is 10.1. The number of aliphatic hydroxyl groups is 2. The number of hydrogen-bond donors (Lipinski definition) is 2. The van der Waals surface area contributed by atoms with Gasteiger partial charge in [-0.3, -0.25) is 0 Å². The second-order valence-electron chi connectivity index (χ2n) is 5.16. The maximum absolute atomic E-state index is 9.04. The predicted octanol–water partition coefficient (Wildman–Crippen LogP) is 2.67. The molecule has 2 rings (SSSR count). The zero-order valence-corrected chi connectivity index (χ0v) is 12.2. The fraction of sp³-hybridized carbons (Fsp3) is 0.294. The molecule has 2 aromatic carbocycles. The quantitative estimate of drug-likeness (QED) is 0.802. The Hall–Kier alpha value is -2.04. The molecule has 4 nitrogen and oxygen atoms in total. The van der Waals surface area contributed by atoms with E-state index in [9.17, 15) is 0 Å². The van der Waals surface area contributed by atoms with Gasteiger partial charge in [-0.25, -0.2) is 0 Å². The van der Waals surface area contributed by atoms with E-state index < -0.39 is 5.41 Å². The van der Waals surface area contributed by atoms with Crippen LogP contribution in [-0.2, 0) is 5.41 Å². The molecule has 0 unspecified atom stereocenters. The van der Waals surface area contributed by atoms with E-state index in [0.29, 0.717) is 11.5 Å². The summed E-state index contributed by atoms with van der Waals surface area (Å²) in [7, 11) is 0. The molecule has 0 aliphatic heterocycles. The van der Waals surface area contributed by atoms with Gasteiger partial charge in [0, 0.05) is 16.5 Å². The summed E-state index contributed by atoms with van der Waals surface area (Å²) < 4.78 is 10.6. The average molecular weight is 288 g/mol. The van der Waals surface area contributed by atoms with E-state index in [-0.39, 0.29) is 13.6 Å². The Morgan fingerprint density at radius 3 is 1.52 bits per heavy atom. The average Bonchev–Trinajstić information content (AvgIpc) is 2.49. The maximum Gasteiger partial charge on any atom is 0.186 e. The molecule has 0 fully saturated rings. The Labute approximate surface area is 124 Å². The lowest BCUT2D eigenvalue weighted by Gasteiger charge is -2.29. The second kappa shape index (κ2) is 6.61. The predicted molar refractivity (Wildman–Crippen MR) is 80.4 cm³/mol. The van der Waals surface area contributed by atoms with Crippen LogP contribution in [0.3, 0.4) is 0 Å². The van der Waals surface area contributed by atoms with Crippen molar-refractivity contribution >= 4 is 0 Å². The van der Waals surface area contributed by atoms with E-state index in [1.165, 1.54) is 0 Å². The van der Waals surface area contributed by atoms with E-state index in [2.05, 4.69) is 0 Å². The van der Waals surface area contributed by atoms with Gasteiger partial charge in [-0.2, -0.15) is 0 Å². The minimum atomic E-state index is -0.405. The first-order valence-electron chi connectivity index (χ1n) is 6.77. The standard InChI is InChI=1S/C17H20O4/c1-17(2,13-7-3-5-9-15(13)20-11-18)14-8-4-6-10-16(14)21-12-19/h3-10,18-19H,11-12H2,1-2H3. The molecule has 0 aromatic heterocycles. The topological polar surface area (TPSA) is 58.9 Å². The lowest BCUT2D eigenvalue weighted by molar-refractivity contribution is 0.0951. The first-order valence-corrected chi connectivity index (χ1v) is 6.77. The van der Waals surface area contributed by atoms with Crippen LogP contribution < -0.4 is 9.47 Å². The SMILES string of the molecule is CC(C)(c1ccccc1OCO)c1ccccc1OCO. The molecule has 0 amide bonds. The van der Waals surface area contributed by atoms with Crippen molar-refractivity contribution in [2.45, 2.75) is 19.3 Å². The fourth-order valence-corrected chi connectivity index (χ4v) is 2.50. The van der Waals surface area contributed by atoms with Crippen LogP contribution in [0.1, 0.15) is 25.0 Å². The summed E-state index contributed by atoms with van der Waals surface area (Å²) in [5.41, 5.74) is 1.47. The number of para-hydroxylation sites is 2. The Balaban J connectivity index is 2.51. The van der Waals surface area contributed by atoms with Crippen molar-refractivity contribution in [2.24, 2.45) is 0 Å². The Bertz CT molecular complexity index is 541. The van der Waals surface area contributed by atoms with E-state index in [1.54, 1.807) is 0 Å². The summed E-state index contributed by atoms with van der Waals surface area (Å²) in [6.45, 7) is 3.35. The highest BCUT2D eigenvalue weighted by Gasteiger charge is 2.29. The van der Waals surface area contributed by atoms with Crippen LogP contribution in [0.25, 0.3) is 0 Å². The van der Waals surface area contributed by atoms with Crippen LogP contribution in [0.2, 0.25) is 0 Å². The second-order valence-corrected chi connectivity index (χ2v) is 5.16. The van der Waals surface area contributed by atoms with Crippen molar-refractivity contribution in [1.82, 2.24) is 0 Å². The molecule has 0 spiro atoms. The van der Waals surface area contributed by atoms with E-state index in [1.807, 2.05) is 62.4 Å². The Morgan fingerprint density at radius 1 is 0.762 bits per heavy atom. The van der Waals surface area contributed by atoms with Crippen molar-refractivity contribution in [3.8, 4) is 11.5 Å². The lowest BCUT2D eigenvalue weighted by atomic mass is 9.77. The van der Waals surface area contributed by atoms with Crippen molar-refractivity contribution in [3.63, 3.8) is 0 Å².